The number of nitrogens with zero attached hydrogens (tertiary/aromatic N) is 3. The van der Waals surface area contributed by atoms with E-state index in [2.05, 4.69) is 15.4 Å². The Labute approximate surface area is 147 Å². The van der Waals surface area contributed by atoms with Crippen molar-refractivity contribution in [2.45, 2.75) is 26.1 Å². The van der Waals surface area contributed by atoms with Gasteiger partial charge in [-0.25, -0.2) is 4.98 Å². The van der Waals surface area contributed by atoms with Crippen molar-refractivity contribution in [1.82, 2.24) is 20.1 Å². The fourth-order valence-electron chi connectivity index (χ4n) is 2.77. The Morgan fingerprint density at radius 3 is 2.69 bits per heavy atom. The lowest BCUT2D eigenvalue weighted by molar-refractivity contribution is -0.137. The summed E-state index contributed by atoms with van der Waals surface area (Å²) < 4.78 is 40.2. The largest absolute Gasteiger partial charge is 0.416 e. The summed E-state index contributed by atoms with van der Waals surface area (Å²) in [6, 6.07) is 5.98. The van der Waals surface area contributed by atoms with Gasteiger partial charge in [-0.15, -0.1) is 0 Å². The first kappa shape index (κ1) is 17.9. The standard InChI is InChI=1S/C18H17F3N4O/c1-10-7-14(15-9-22-25(3)16(15)23-10)17(26)24-11(2)12-5-4-6-13(8-12)18(19,20)21/h4-9,11H,1-3H3,(H,24,26). The number of fused-ring (bicyclic) bond motifs is 1. The number of nitrogens with one attached hydrogen (secondary N) is 1. The monoisotopic (exact) mass is 362 g/mol. The van der Waals surface area contributed by atoms with Crippen LogP contribution in [-0.4, -0.2) is 20.7 Å². The number of amides is 1. The van der Waals surface area contributed by atoms with Crippen molar-refractivity contribution in [1.29, 1.82) is 0 Å². The number of aromatic nitrogens is 3. The van der Waals surface area contributed by atoms with Gasteiger partial charge in [0.15, 0.2) is 5.65 Å². The summed E-state index contributed by atoms with van der Waals surface area (Å²) in [5.41, 5.74) is 1.24. The third kappa shape index (κ3) is 3.40. The Kier molecular flexibility index (Phi) is 4.43. The van der Waals surface area contributed by atoms with Gasteiger partial charge in [-0.3, -0.25) is 9.48 Å². The van der Waals surface area contributed by atoms with Crippen LogP contribution in [0, 0.1) is 6.92 Å². The molecule has 3 rings (SSSR count). The van der Waals surface area contributed by atoms with Crippen molar-refractivity contribution in [2.24, 2.45) is 7.05 Å². The minimum Gasteiger partial charge on any atom is -0.345 e. The quantitative estimate of drug-likeness (QED) is 0.771. The summed E-state index contributed by atoms with van der Waals surface area (Å²) in [6.07, 6.45) is -2.88. The lowest BCUT2D eigenvalue weighted by atomic mass is 10.0. The number of aryl methyl sites for hydroxylation is 2. The van der Waals surface area contributed by atoms with Gasteiger partial charge < -0.3 is 5.32 Å². The molecule has 5 nitrogen and oxygen atoms in total. The number of rotatable bonds is 3. The topological polar surface area (TPSA) is 59.8 Å². The van der Waals surface area contributed by atoms with E-state index in [1.165, 1.54) is 6.07 Å². The van der Waals surface area contributed by atoms with Crippen LogP contribution in [0.3, 0.4) is 0 Å². The fourth-order valence-corrected chi connectivity index (χ4v) is 2.77. The van der Waals surface area contributed by atoms with Gasteiger partial charge >= 0.3 is 6.18 Å². The van der Waals surface area contributed by atoms with E-state index >= 15 is 0 Å². The molecule has 2 heterocycles. The van der Waals surface area contributed by atoms with E-state index < -0.39 is 23.7 Å². The molecule has 0 spiro atoms. The fraction of sp³-hybridized carbons (Fsp3) is 0.278. The molecule has 0 aliphatic carbocycles. The number of hydrogen-bond donors (Lipinski definition) is 1. The normalized spacial score (nSPS) is 13.0. The van der Waals surface area contributed by atoms with Crippen LogP contribution in [0.2, 0.25) is 0 Å². The average molecular weight is 362 g/mol. The number of alkyl halides is 3. The molecule has 136 valence electrons. The maximum atomic E-state index is 12.9. The van der Waals surface area contributed by atoms with Crippen LogP contribution < -0.4 is 5.32 Å². The molecule has 0 fully saturated rings. The molecule has 0 aliphatic heterocycles. The van der Waals surface area contributed by atoms with E-state index in [-0.39, 0.29) is 0 Å². The van der Waals surface area contributed by atoms with Crippen LogP contribution >= 0.6 is 0 Å². The van der Waals surface area contributed by atoms with E-state index in [9.17, 15) is 18.0 Å². The van der Waals surface area contributed by atoms with Gasteiger partial charge in [0.2, 0.25) is 0 Å². The molecule has 26 heavy (non-hydrogen) atoms. The van der Waals surface area contributed by atoms with E-state index in [1.807, 2.05) is 0 Å². The van der Waals surface area contributed by atoms with Crippen molar-refractivity contribution in [3.8, 4) is 0 Å². The number of pyridine rings is 1. The first-order valence-electron chi connectivity index (χ1n) is 7.94. The second kappa shape index (κ2) is 6.44. The Hall–Kier alpha value is -2.90. The van der Waals surface area contributed by atoms with Gasteiger partial charge in [-0.05, 0) is 37.6 Å². The predicted molar refractivity (Wildman–Crippen MR) is 90.6 cm³/mol. The van der Waals surface area contributed by atoms with Crippen LogP contribution in [-0.2, 0) is 13.2 Å². The molecule has 3 aromatic rings. The average Bonchev–Trinajstić information content (AvgIpc) is 2.94. The van der Waals surface area contributed by atoms with Crippen LogP contribution in [0.1, 0.15) is 40.1 Å². The number of carbonyl (C=O) groups is 1. The van der Waals surface area contributed by atoms with Gasteiger partial charge in [0.05, 0.1) is 28.8 Å². The summed E-state index contributed by atoms with van der Waals surface area (Å²) in [7, 11) is 1.72. The number of hydrogen-bond acceptors (Lipinski definition) is 3. The zero-order valence-electron chi connectivity index (χ0n) is 14.4. The Bertz CT molecular complexity index is 978. The van der Waals surface area contributed by atoms with Crippen molar-refractivity contribution in [2.75, 3.05) is 0 Å². The van der Waals surface area contributed by atoms with Crippen LogP contribution in [0.5, 0.6) is 0 Å². The molecule has 0 saturated heterocycles. The zero-order chi connectivity index (χ0) is 19.1. The molecule has 0 bridgehead atoms. The molecule has 1 aromatic carbocycles. The number of benzene rings is 1. The molecule has 0 aliphatic rings. The third-order valence-electron chi connectivity index (χ3n) is 4.14. The summed E-state index contributed by atoms with van der Waals surface area (Å²) in [5, 5.41) is 7.44. The minimum absolute atomic E-state index is 0.376. The highest BCUT2D eigenvalue weighted by Crippen LogP contribution is 2.30. The molecule has 2 aromatic heterocycles. The van der Waals surface area contributed by atoms with Gasteiger partial charge in [-0.1, -0.05) is 12.1 Å². The molecule has 8 heteroatoms. The third-order valence-corrected chi connectivity index (χ3v) is 4.14. The summed E-state index contributed by atoms with van der Waals surface area (Å²) >= 11 is 0. The minimum atomic E-state index is -4.43. The Balaban J connectivity index is 1.89. The van der Waals surface area contributed by atoms with Crippen molar-refractivity contribution < 1.29 is 18.0 Å². The molecular formula is C18H17F3N4O. The number of halogens is 3. The van der Waals surface area contributed by atoms with E-state index in [1.54, 1.807) is 43.9 Å². The van der Waals surface area contributed by atoms with Crippen LogP contribution in [0.15, 0.2) is 36.5 Å². The number of carbonyl (C=O) groups excluding carboxylic acids is 1. The maximum absolute atomic E-state index is 12.9. The van der Waals surface area contributed by atoms with E-state index in [0.717, 1.165) is 12.1 Å². The second-order valence-corrected chi connectivity index (χ2v) is 6.14. The highest BCUT2D eigenvalue weighted by Gasteiger charge is 2.30. The highest BCUT2D eigenvalue weighted by molar-refractivity contribution is 6.05. The molecule has 1 unspecified atom stereocenters. The Morgan fingerprint density at radius 2 is 2.00 bits per heavy atom. The highest BCUT2D eigenvalue weighted by atomic mass is 19.4. The van der Waals surface area contributed by atoms with Crippen molar-refractivity contribution >= 4 is 16.9 Å². The summed E-state index contributed by atoms with van der Waals surface area (Å²) in [4.78, 5) is 17.0. The molecule has 0 saturated carbocycles. The summed E-state index contributed by atoms with van der Waals surface area (Å²) in [5.74, 6) is -0.390. The first-order valence-corrected chi connectivity index (χ1v) is 7.94. The van der Waals surface area contributed by atoms with E-state index in [4.69, 9.17) is 0 Å². The first-order chi connectivity index (χ1) is 12.2. The SMILES string of the molecule is Cc1cc(C(=O)NC(C)c2cccc(C(F)(F)F)c2)c2cnn(C)c2n1. The predicted octanol–water partition coefficient (Wildman–Crippen LogP) is 3.79. The molecule has 0 radical (unpaired) electrons. The van der Waals surface area contributed by atoms with Crippen molar-refractivity contribution in [3.63, 3.8) is 0 Å². The van der Waals surface area contributed by atoms with Crippen LogP contribution in [0.4, 0.5) is 13.2 Å². The lowest BCUT2D eigenvalue weighted by Gasteiger charge is -2.16. The van der Waals surface area contributed by atoms with Crippen molar-refractivity contribution in [3.05, 3.63) is 58.9 Å². The molecule has 1 amide bonds. The van der Waals surface area contributed by atoms with Crippen LogP contribution in [0.25, 0.3) is 11.0 Å². The summed E-state index contributed by atoms with van der Waals surface area (Å²) in [6.45, 7) is 3.40. The smallest absolute Gasteiger partial charge is 0.345 e. The lowest BCUT2D eigenvalue weighted by Crippen LogP contribution is -2.27. The maximum Gasteiger partial charge on any atom is 0.416 e. The molecule has 1 N–H and O–H groups in total. The van der Waals surface area contributed by atoms with Gasteiger partial charge in [0.1, 0.15) is 0 Å². The Morgan fingerprint density at radius 1 is 1.27 bits per heavy atom. The zero-order valence-corrected chi connectivity index (χ0v) is 14.4. The molecule has 1 atom stereocenters. The molecular weight excluding hydrogens is 345 g/mol. The van der Waals surface area contributed by atoms with E-state index in [0.29, 0.717) is 27.9 Å². The van der Waals surface area contributed by atoms with Gasteiger partial charge in [0, 0.05) is 12.7 Å². The van der Waals surface area contributed by atoms with Gasteiger partial charge in [-0.2, -0.15) is 18.3 Å². The van der Waals surface area contributed by atoms with Gasteiger partial charge in [0.25, 0.3) is 5.91 Å². The second-order valence-electron chi connectivity index (χ2n) is 6.14.